The Balaban J connectivity index is 2.61. The van der Waals surface area contributed by atoms with E-state index >= 15 is 0 Å². The normalized spacial score (nSPS) is 12.9. The SMILES string of the molecule is COC[S+]([O-])c1[c]cccc1. The van der Waals surface area contributed by atoms with Gasteiger partial charge in [0.1, 0.15) is 0 Å². The number of benzene rings is 1. The predicted octanol–water partition coefficient (Wildman–Crippen LogP) is 1.20. The first kappa shape index (κ1) is 8.59. The zero-order chi connectivity index (χ0) is 8.10. The van der Waals surface area contributed by atoms with Crippen LogP contribution in [-0.2, 0) is 15.9 Å². The molecule has 1 aromatic carbocycles. The molecule has 11 heavy (non-hydrogen) atoms. The zero-order valence-electron chi connectivity index (χ0n) is 6.24. The molecule has 0 N–H and O–H groups in total. The van der Waals surface area contributed by atoms with Crippen molar-refractivity contribution >= 4 is 11.2 Å². The van der Waals surface area contributed by atoms with Gasteiger partial charge in [0.15, 0.2) is 4.90 Å². The van der Waals surface area contributed by atoms with Crippen molar-refractivity contribution in [3.05, 3.63) is 30.3 Å². The summed E-state index contributed by atoms with van der Waals surface area (Å²) in [5, 5.41) is 0. The van der Waals surface area contributed by atoms with Gasteiger partial charge in [0.2, 0.25) is 5.94 Å². The summed E-state index contributed by atoms with van der Waals surface area (Å²) in [6.07, 6.45) is 0. The first-order valence-corrected chi connectivity index (χ1v) is 4.50. The Morgan fingerprint density at radius 1 is 1.64 bits per heavy atom. The van der Waals surface area contributed by atoms with E-state index in [2.05, 4.69) is 6.07 Å². The van der Waals surface area contributed by atoms with Crippen LogP contribution in [0.3, 0.4) is 0 Å². The van der Waals surface area contributed by atoms with Crippen LogP contribution in [0.15, 0.2) is 29.2 Å². The van der Waals surface area contributed by atoms with E-state index in [0.717, 1.165) is 0 Å². The molecule has 0 fully saturated rings. The van der Waals surface area contributed by atoms with E-state index in [1.54, 1.807) is 12.1 Å². The molecule has 0 heterocycles. The third-order valence-corrected chi connectivity index (χ3v) is 2.34. The summed E-state index contributed by atoms with van der Waals surface area (Å²) in [7, 11) is 1.53. The standard InChI is InChI=1S/C8H9O2S/c1-10-7-11(9)8-5-3-2-4-6-8/h2-5H,7H2,1H3. The topological polar surface area (TPSA) is 32.3 Å². The molecule has 1 rings (SSSR count). The molecule has 2 nitrogen and oxygen atoms in total. The summed E-state index contributed by atoms with van der Waals surface area (Å²) in [5.74, 6) is 0.237. The van der Waals surface area contributed by atoms with Crippen molar-refractivity contribution in [3.63, 3.8) is 0 Å². The number of methoxy groups -OCH3 is 1. The van der Waals surface area contributed by atoms with Gasteiger partial charge in [-0.2, -0.15) is 0 Å². The van der Waals surface area contributed by atoms with Crippen LogP contribution < -0.4 is 0 Å². The Kier molecular flexibility index (Phi) is 3.42. The van der Waals surface area contributed by atoms with Crippen LogP contribution in [0.5, 0.6) is 0 Å². The molecule has 0 aliphatic heterocycles. The molecule has 0 bridgehead atoms. The Labute approximate surface area is 69.4 Å². The summed E-state index contributed by atoms with van der Waals surface area (Å²) in [6, 6.07) is 10.1. The monoisotopic (exact) mass is 169 g/mol. The van der Waals surface area contributed by atoms with Crippen molar-refractivity contribution < 1.29 is 9.29 Å². The summed E-state index contributed by atoms with van der Waals surface area (Å²) < 4.78 is 15.9. The van der Waals surface area contributed by atoms with Crippen LogP contribution in [0.1, 0.15) is 0 Å². The second-order valence-electron chi connectivity index (χ2n) is 1.98. The lowest BCUT2D eigenvalue weighted by atomic mass is 10.4. The second-order valence-corrected chi connectivity index (χ2v) is 3.35. The van der Waals surface area contributed by atoms with E-state index < -0.39 is 11.2 Å². The maximum atomic E-state index is 11.2. The van der Waals surface area contributed by atoms with Crippen LogP contribution in [0.25, 0.3) is 0 Å². The highest BCUT2D eigenvalue weighted by atomic mass is 32.2. The van der Waals surface area contributed by atoms with Gasteiger partial charge in [0, 0.05) is 24.4 Å². The third-order valence-electron chi connectivity index (χ3n) is 1.15. The summed E-state index contributed by atoms with van der Waals surface area (Å²) in [5.41, 5.74) is 0. The molecule has 0 aliphatic rings. The van der Waals surface area contributed by atoms with Gasteiger partial charge >= 0.3 is 0 Å². The third kappa shape index (κ3) is 2.54. The Morgan fingerprint density at radius 3 is 3.00 bits per heavy atom. The summed E-state index contributed by atoms with van der Waals surface area (Å²) in [6.45, 7) is 0. The van der Waals surface area contributed by atoms with Crippen molar-refractivity contribution in [2.45, 2.75) is 4.90 Å². The number of rotatable bonds is 3. The lowest BCUT2D eigenvalue weighted by Gasteiger charge is -2.07. The molecule has 0 amide bonds. The lowest BCUT2D eigenvalue weighted by Crippen LogP contribution is -2.07. The van der Waals surface area contributed by atoms with Crippen molar-refractivity contribution in [2.75, 3.05) is 13.0 Å². The molecule has 0 saturated carbocycles. The van der Waals surface area contributed by atoms with Crippen LogP contribution >= 0.6 is 0 Å². The first-order valence-electron chi connectivity index (χ1n) is 3.18. The molecular formula is C8H9O2S. The Bertz CT molecular complexity index is 201. The minimum absolute atomic E-state index is 0.237. The van der Waals surface area contributed by atoms with Crippen LogP contribution in [0.2, 0.25) is 0 Å². The van der Waals surface area contributed by atoms with Crippen molar-refractivity contribution in [3.8, 4) is 0 Å². The highest BCUT2D eigenvalue weighted by Crippen LogP contribution is 2.08. The molecule has 0 saturated heterocycles. The zero-order valence-corrected chi connectivity index (χ0v) is 7.06. The molecule has 0 aliphatic carbocycles. The largest absolute Gasteiger partial charge is 0.610 e. The van der Waals surface area contributed by atoms with Crippen LogP contribution in [0.4, 0.5) is 0 Å². The van der Waals surface area contributed by atoms with E-state index in [1.165, 1.54) is 7.11 Å². The van der Waals surface area contributed by atoms with Gasteiger partial charge in [-0.1, -0.05) is 12.1 Å². The molecular weight excluding hydrogens is 160 g/mol. The van der Waals surface area contributed by atoms with Gasteiger partial charge in [0.25, 0.3) is 0 Å². The van der Waals surface area contributed by atoms with Gasteiger partial charge < -0.3 is 9.29 Å². The first-order chi connectivity index (χ1) is 5.34. The average molecular weight is 169 g/mol. The maximum Gasteiger partial charge on any atom is 0.210 e. The second kappa shape index (κ2) is 4.38. The van der Waals surface area contributed by atoms with Crippen molar-refractivity contribution in [2.24, 2.45) is 0 Å². The number of hydrogen-bond donors (Lipinski definition) is 0. The van der Waals surface area contributed by atoms with Crippen LogP contribution in [-0.4, -0.2) is 17.6 Å². The molecule has 1 aromatic rings. The van der Waals surface area contributed by atoms with Crippen molar-refractivity contribution in [1.82, 2.24) is 0 Å². The molecule has 3 heteroatoms. The lowest BCUT2D eigenvalue weighted by molar-refractivity contribution is 0.249. The van der Waals surface area contributed by atoms with Crippen molar-refractivity contribution in [1.29, 1.82) is 0 Å². The quantitative estimate of drug-likeness (QED) is 0.637. The predicted molar refractivity (Wildman–Crippen MR) is 43.6 cm³/mol. The molecule has 0 aromatic heterocycles. The molecule has 1 unspecified atom stereocenters. The van der Waals surface area contributed by atoms with E-state index in [-0.39, 0.29) is 5.94 Å². The van der Waals surface area contributed by atoms with E-state index in [4.69, 9.17) is 4.74 Å². The van der Waals surface area contributed by atoms with Gasteiger partial charge in [-0.3, -0.25) is 0 Å². The maximum absolute atomic E-state index is 11.2. The average Bonchev–Trinajstić information content (AvgIpc) is 2.07. The van der Waals surface area contributed by atoms with Gasteiger partial charge in [-0.25, -0.2) is 0 Å². The fourth-order valence-corrected chi connectivity index (χ4v) is 1.46. The molecule has 59 valence electrons. The van der Waals surface area contributed by atoms with Gasteiger partial charge in [-0.15, -0.1) is 0 Å². The smallest absolute Gasteiger partial charge is 0.210 e. The fourth-order valence-electron chi connectivity index (χ4n) is 0.689. The summed E-state index contributed by atoms with van der Waals surface area (Å²) >= 11 is -1.06. The van der Waals surface area contributed by atoms with Gasteiger partial charge in [-0.05, 0) is 12.1 Å². The van der Waals surface area contributed by atoms with Crippen LogP contribution in [0, 0.1) is 6.07 Å². The minimum Gasteiger partial charge on any atom is -0.610 e. The van der Waals surface area contributed by atoms with E-state index in [0.29, 0.717) is 4.90 Å². The highest BCUT2D eigenvalue weighted by molar-refractivity contribution is 7.91. The Morgan fingerprint density at radius 2 is 2.45 bits per heavy atom. The molecule has 1 atom stereocenters. The molecule has 1 radical (unpaired) electrons. The number of ether oxygens (including phenoxy) is 1. The Hall–Kier alpha value is -0.510. The fraction of sp³-hybridized carbons (Fsp3) is 0.250. The number of hydrogen-bond acceptors (Lipinski definition) is 2. The summed E-state index contributed by atoms with van der Waals surface area (Å²) in [4.78, 5) is 0.689. The van der Waals surface area contributed by atoms with Gasteiger partial charge in [0.05, 0.1) is 0 Å². The van der Waals surface area contributed by atoms with E-state index in [9.17, 15) is 4.55 Å². The van der Waals surface area contributed by atoms with E-state index in [1.807, 2.05) is 12.1 Å². The molecule has 0 spiro atoms. The highest BCUT2D eigenvalue weighted by Gasteiger charge is 2.07. The minimum atomic E-state index is -1.06.